The van der Waals surface area contributed by atoms with E-state index in [0.717, 1.165) is 38.4 Å². The fourth-order valence-corrected chi connectivity index (χ4v) is 2.08. The lowest BCUT2D eigenvalue weighted by Gasteiger charge is -2.24. The highest BCUT2D eigenvalue weighted by atomic mass is 127. The van der Waals surface area contributed by atoms with Crippen LogP contribution in [0.2, 0.25) is 0 Å². The number of aliphatic imine (C=N–C) groups is 1. The molecule has 0 bridgehead atoms. The van der Waals surface area contributed by atoms with Crippen LogP contribution in [0.4, 0.5) is 5.69 Å². The van der Waals surface area contributed by atoms with Gasteiger partial charge in [-0.15, -0.1) is 24.0 Å². The van der Waals surface area contributed by atoms with Gasteiger partial charge in [0.05, 0.1) is 5.60 Å². The van der Waals surface area contributed by atoms with Gasteiger partial charge < -0.3 is 20.3 Å². The van der Waals surface area contributed by atoms with Crippen molar-refractivity contribution in [1.82, 2.24) is 10.6 Å². The highest BCUT2D eigenvalue weighted by Gasteiger charge is 2.16. The number of nitrogens with zero attached hydrogens (tertiary/aromatic N) is 2. The maximum atomic E-state index is 5.39. The van der Waals surface area contributed by atoms with E-state index < -0.39 is 0 Å². The van der Waals surface area contributed by atoms with E-state index in [0.29, 0.717) is 0 Å². The Morgan fingerprint density at radius 2 is 1.83 bits per heavy atom. The van der Waals surface area contributed by atoms with Gasteiger partial charge in [0, 0.05) is 46.5 Å². The number of guanidine groups is 1. The molecule has 0 atom stereocenters. The molecule has 0 amide bonds. The quantitative estimate of drug-likeness (QED) is 0.264. The maximum absolute atomic E-state index is 5.39. The number of ether oxygens (including phenoxy) is 1. The number of rotatable bonds is 9. The van der Waals surface area contributed by atoms with Crippen molar-refractivity contribution in [3.05, 3.63) is 30.3 Å². The summed E-state index contributed by atoms with van der Waals surface area (Å²) in [6, 6.07) is 10.5. The van der Waals surface area contributed by atoms with Crippen molar-refractivity contribution in [2.45, 2.75) is 32.3 Å². The summed E-state index contributed by atoms with van der Waals surface area (Å²) in [7, 11) is 5.65. The number of nitrogens with one attached hydrogen (secondary N) is 2. The maximum Gasteiger partial charge on any atom is 0.191 e. The lowest BCUT2D eigenvalue weighted by atomic mass is 10.1. The minimum Gasteiger partial charge on any atom is -0.377 e. The van der Waals surface area contributed by atoms with Crippen LogP contribution in [0.15, 0.2) is 35.3 Å². The second-order valence-electron chi connectivity index (χ2n) is 6.28. The highest BCUT2D eigenvalue weighted by Crippen LogP contribution is 2.11. The molecule has 0 unspecified atom stereocenters. The molecule has 0 aliphatic rings. The summed E-state index contributed by atoms with van der Waals surface area (Å²) in [5.74, 6) is 0.825. The van der Waals surface area contributed by atoms with Gasteiger partial charge in [-0.3, -0.25) is 4.99 Å². The average Bonchev–Trinajstić information content (AvgIpc) is 2.57. The molecular weight excluding hydrogens is 415 g/mol. The van der Waals surface area contributed by atoms with Gasteiger partial charge in [0.2, 0.25) is 0 Å². The lowest BCUT2D eigenvalue weighted by Crippen LogP contribution is -2.45. The number of halogens is 1. The minimum absolute atomic E-state index is 0. The first-order chi connectivity index (χ1) is 11.0. The van der Waals surface area contributed by atoms with Gasteiger partial charge in [-0.2, -0.15) is 0 Å². The van der Waals surface area contributed by atoms with Gasteiger partial charge in [-0.1, -0.05) is 18.2 Å². The molecule has 2 N–H and O–H groups in total. The van der Waals surface area contributed by atoms with Crippen LogP contribution in [-0.4, -0.2) is 52.4 Å². The van der Waals surface area contributed by atoms with Gasteiger partial charge in [-0.05, 0) is 38.8 Å². The first-order valence-electron chi connectivity index (χ1n) is 8.24. The summed E-state index contributed by atoms with van der Waals surface area (Å²) in [4.78, 5) is 6.52. The number of hydrogen-bond acceptors (Lipinski definition) is 3. The van der Waals surface area contributed by atoms with Gasteiger partial charge in [0.1, 0.15) is 0 Å². The van der Waals surface area contributed by atoms with Gasteiger partial charge >= 0.3 is 0 Å². The predicted molar refractivity (Wildman–Crippen MR) is 115 cm³/mol. The number of para-hydroxylation sites is 1. The van der Waals surface area contributed by atoms with Crippen LogP contribution >= 0.6 is 24.0 Å². The molecular formula is C18H33IN4O. The molecule has 0 saturated carbocycles. The largest absolute Gasteiger partial charge is 0.377 e. The van der Waals surface area contributed by atoms with Crippen molar-refractivity contribution in [1.29, 1.82) is 0 Å². The number of anilines is 1. The van der Waals surface area contributed by atoms with Crippen LogP contribution in [-0.2, 0) is 4.74 Å². The molecule has 0 radical (unpaired) electrons. The second kappa shape index (κ2) is 12.4. The molecule has 24 heavy (non-hydrogen) atoms. The fourth-order valence-electron chi connectivity index (χ4n) is 2.08. The summed E-state index contributed by atoms with van der Waals surface area (Å²) in [6.45, 7) is 6.78. The summed E-state index contributed by atoms with van der Waals surface area (Å²) in [6.07, 6.45) is 2.24. The minimum atomic E-state index is -0.198. The van der Waals surface area contributed by atoms with E-state index in [1.54, 1.807) is 14.2 Å². The highest BCUT2D eigenvalue weighted by molar-refractivity contribution is 14.0. The molecule has 1 aromatic rings. The van der Waals surface area contributed by atoms with Crippen molar-refractivity contribution in [3.8, 4) is 0 Å². The molecule has 1 aromatic carbocycles. The fraction of sp³-hybridized carbons (Fsp3) is 0.611. The van der Waals surface area contributed by atoms with E-state index in [9.17, 15) is 0 Å². The standard InChI is InChI=1S/C18H32N4O.HI/c1-18(2,23-5)15-21-17(19-3)20-13-9-10-14-22(4)16-11-7-6-8-12-16;/h6-8,11-12H,9-10,13-15H2,1-5H3,(H2,19,20,21);1H. The van der Waals surface area contributed by atoms with Crippen LogP contribution in [0.5, 0.6) is 0 Å². The Bertz CT molecular complexity index is 465. The summed E-state index contributed by atoms with van der Waals surface area (Å²) in [5, 5.41) is 6.63. The second-order valence-corrected chi connectivity index (χ2v) is 6.28. The van der Waals surface area contributed by atoms with Crippen LogP contribution in [0, 0.1) is 0 Å². The Morgan fingerprint density at radius 1 is 1.17 bits per heavy atom. The Balaban J connectivity index is 0.00000529. The molecule has 0 heterocycles. The third-order valence-corrected chi connectivity index (χ3v) is 3.87. The van der Waals surface area contributed by atoms with E-state index >= 15 is 0 Å². The normalized spacial score (nSPS) is 11.6. The average molecular weight is 448 g/mol. The van der Waals surface area contributed by atoms with E-state index in [4.69, 9.17) is 4.74 Å². The molecule has 0 spiro atoms. The topological polar surface area (TPSA) is 48.9 Å². The number of methoxy groups -OCH3 is 1. The first-order valence-corrected chi connectivity index (χ1v) is 8.24. The molecule has 138 valence electrons. The van der Waals surface area contributed by atoms with Crippen LogP contribution in [0.25, 0.3) is 0 Å². The zero-order valence-electron chi connectivity index (χ0n) is 15.6. The Kier molecular flexibility index (Phi) is 11.8. The van der Waals surface area contributed by atoms with E-state index in [1.165, 1.54) is 5.69 Å². The van der Waals surface area contributed by atoms with Crippen molar-refractivity contribution in [2.24, 2.45) is 4.99 Å². The van der Waals surface area contributed by atoms with Gasteiger partial charge in [-0.25, -0.2) is 0 Å². The lowest BCUT2D eigenvalue weighted by molar-refractivity contribution is 0.0268. The summed E-state index contributed by atoms with van der Waals surface area (Å²) < 4.78 is 5.39. The van der Waals surface area contributed by atoms with Crippen molar-refractivity contribution in [2.75, 3.05) is 45.7 Å². The van der Waals surface area contributed by atoms with Crippen LogP contribution in [0.3, 0.4) is 0 Å². The molecule has 0 aromatic heterocycles. The Labute approximate surface area is 164 Å². The van der Waals surface area contributed by atoms with E-state index in [1.807, 2.05) is 19.9 Å². The molecule has 6 heteroatoms. The van der Waals surface area contributed by atoms with E-state index in [-0.39, 0.29) is 29.6 Å². The molecule has 0 aliphatic heterocycles. The molecule has 1 rings (SSSR count). The summed E-state index contributed by atoms with van der Waals surface area (Å²) >= 11 is 0. The smallest absolute Gasteiger partial charge is 0.191 e. The first kappa shape index (κ1) is 23.0. The monoisotopic (exact) mass is 448 g/mol. The Morgan fingerprint density at radius 3 is 2.42 bits per heavy atom. The SMILES string of the molecule is CN=C(NCCCCN(C)c1ccccc1)NCC(C)(C)OC.I. The summed E-state index contributed by atoms with van der Waals surface area (Å²) in [5.41, 5.74) is 1.07. The molecule has 0 saturated heterocycles. The van der Waals surface area contributed by atoms with Crippen LogP contribution in [0.1, 0.15) is 26.7 Å². The third kappa shape index (κ3) is 9.32. The molecule has 5 nitrogen and oxygen atoms in total. The molecule has 0 fully saturated rings. The zero-order chi connectivity index (χ0) is 17.1. The van der Waals surface area contributed by atoms with Crippen molar-refractivity contribution in [3.63, 3.8) is 0 Å². The third-order valence-electron chi connectivity index (χ3n) is 3.87. The van der Waals surface area contributed by atoms with Crippen molar-refractivity contribution >= 4 is 35.6 Å². The Hall–Kier alpha value is -1.02. The zero-order valence-corrected chi connectivity index (χ0v) is 18.0. The number of unbranched alkanes of at least 4 members (excludes halogenated alkanes) is 1. The predicted octanol–water partition coefficient (Wildman–Crippen LogP) is 3.11. The van der Waals surface area contributed by atoms with Gasteiger partial charge in [0.25, 0.3) is 0 Å². The van der Waals surface area contributed by atoms with Crippen LogP contribution < -0.4 is 15.5 Å². The van der Waals surface area contributed by atoms with E-state index in [2.05, 4.69) is 51.8 Å². The number of hydrogen-bond donors (Lipinski definition) is 2. The molecule has 0 aliphatic carbocycles. The van der Waals surface area contributed by atoms with Crippen molar-refractivity contribution < 1.29 is 4.74 Å². The number of benzene rings is 1. The van der Waals surface area contributed by atoms with Gasteiger partial charge in [0.15, 0.2) is 5.96 Å².